The summed E-state index contributed by atoms with van der Waals surface area (Å²) in [4.78, 5) is 2.51. The van der Waals surface area contributed by atoms with Crippen molar-refractivity contribution < 1.29 is 0 Å². The molecule has 0 spiro atoms. The van der Waals surface area contributed by atoms with E-state index in [0.29, 0.717) is 0 Å². The van der Waals surface area contributed by atoms with Gasteiger partial charge >= 0.3 is 0 Å². The summed E-state index contributed by atoms with van der Waals surface area (Å²) in [6.07, 6.45) is 2.29. The lowest BCUT2D eigenvalue weighted by molar-refractivity contribution is 0.815. The number of anilines is 1. The van der Waals surface area contributed by atoms with Gasteiger partial charge in [0.2, 0.25) is 0 Å². The van der Waals surface area contributed by atoms with Crippen molar-refractivity contribution in [3.63, 3.8) is 0 Å². The molecule has 94 valence electrons. The maximum atomic E-state index is 5.62. The van der Waals surface area contributed by atoms with Gasteiger partial charge in [-0.15, -0.1) is 0 Å². The minimum absolute atomic E-state index is 0.737. The molecule has 3 heteroatoms. The van der Waals surface area contributed by atoms with E-state index in [4.69, 9.17) is 5.73 Å². The monoisotopic (exact) mass is 250 g/mol. The van der Waals surface area contributed by atoms with Crippen molar-refractivity contribution in [3.05, 3.63) is 29.3 Å². The van der Waals surface area contributed by atoms with Gasteiger partial charge in [-0.3, -0.25) is 0 Å². The van der Waals surface area contributed by atoms with E-state index in [1.807, 2.05) is 0 Å². The molecule has 0 radical (unpaired) electrons. The summed E-state index contributed by atoms with van der Waals surface area (Å²) in [5, 5.41) is 0. The Morgan fingerprint density at radius 1 is 1.29 bits per heavy atom. The Hall–Kier alpha value is -0.670. The molecule has 1 aromatic carbocycles. The average Bonchev–Trinajstić information content (AvgIpc) is 2.60. The van der Waals surface area contributed by atoms with Crippen LogP contribution in [0.15, 0.2) is 18.2 Å². The Morgan fingerprint density at radius 2 is 2.18 bits per heavy atom. The fourth-order valence-corrected chi connectivity index (χ4v) is 3.20. The number of hydrogen-bond donors (Lipinski definition) is 1. The molecule has 1 aliphatic heterocycles. The van der Waals surface area contributed by atoms with Crippen LogP contribution in [0.5, 0.6) is 0 Å². The molecule has 0 aliphatic carbocycles. The van der Waals surface area contributed by atoms with E-state index in [1.165, 1.54) is 47.8 Å². The second kappa shape index (κ2) is 6.31. The molecule has 0 aromatic heterocycles. The highest BCUT2D eigenvalue weighted by Gasteiger charge is 2.10. The molecule has 1 aromatic rings. The predicted molar refractivity (Wildman–Crippen MR) is 78.1 cm³/mol. The van der Waals surface area contributed by atoms with Crippen molar-refractivity contribution in [2.45, 2.75) is 19.8 Å². The summed E-state index contributed by atoms with van der Waals surface area (Å²) in [5.74, 6) is 2.56. The largest absolute Gasteiger partial charge is 0.371 e. The second-order valence-electron chi connectivity index (χ2n) is 4.60. The Morgan fingerprint density at radius 3 is 2.94 bits per heavy atom. The van der Waals surface area contributed by atoms with E-state index in [9.17, 15) is 0 Å². The summed E-state index contributed by atoms with van der Waals surface area (Å²) in [5.41, 5.74) is 9.77. The van der Waals surface area contributed by atoms with Gasteiger partial charge in [-0.25, -0.2) is 0 Å². The fourth-order valence-electron chi connectivity index (χ4n) is 2.32. The number of nitrogens with two attached hydrogens (primary N) is 1. The highest BCUT2D eigenvalue weighted by molar-refractivity contribution is 7.99. The number of benzene rings is 1. The average molecular weight is 250 g/mol. The molecule has 1 saturated heterocycles. The van der Waals surface area contributed by atoms with E-state index in [-0.39, 0.29) is 0 Å². The molecule has 0 amide bonds. The smallest absolute Gasteiger partial charge is 0.0369 e. The van der Waals surface area contributed by atoms with Crippen molar-refractivity contribution >= 4 is 17.4 Å². The number of nitrogens with zero attached hydrogens (tertiary/aromatic N) is 1. The maximum Gasteiger partial charge on any atom is 0.0369 e. The standard InChI is InChI=1S/C14H22N2S/c1-12-11-14(4-3-13(12)5-6-15)16-7-2-9-17-10-8-16/h3-4,11H,2,5-10,15H2,1H3. The molecular formula is C14H22N2S. The first-order valence-corrected chi connectivity index (χ1v) is 7.59. The number of aryl methyl sites for hydroxylation is 1. The minimum atomic E-state index is 0.737. The van der Waals surface area contributed by atoms with Gasteiger partial charge in [0.15, 0.2) is 0 Å². The summed E-state index contributed by atoms with van der Waals surface area (Å²) in [6.45, 7) is 5.31. The number of hydrogen-bond acceptors (Lipinski definition) is 3. The van der Waals surface area contributed by atoms with Gasteiger partial charge in [-0.05, 0) is 55.3 Å². The molecule has 1 aliphatic rings. The van der Waals surface area contributed by atoms with Crippen molar-refractivity contribution in [1.29, 1.82) is 0 Å². The highest BCUT2D eigenvalue weighted by Crippen LogP contribution is 2.22. The summed E-state index contributed by atoms with van der Waals surface area (Å²) < 4.78 is 0. The molecule has 2 nitrogen and oxygen atoms in total. The van der Waals surface area contributed by atoms with E-state index in [2.05, 4.69) is 41.8 Å². The third-order valence-corrected chi connectivity index (χ3v) is 4.38. The first-order chi connectivity index (χ1) is 8.31. The lowest BCUT2D eigenvalue weighted by Gasteiger charge is -2.23. The van der Waals surface area contributed by atoms with Crippen molar-refractivity contribution in [2.75, 3.05) is 36.0 Å². The number of thioether (sulfide) groups is 1. The molecule has 0 unspecified atom stereocenters. The van der Waals surface area contributed by atoms with Crippen LogP contribution in [-0.2, 0) is 6.42 Å². The van der Waals surface area contributed by atoms with Crippen molar-refractivity contribution in [2.24, 2.45) is 5.73 Å². The molecule has 1 heterocycles. The summed E-state index contributed by atoms with van der Waals surface area (Å²) >= 11 is 2.07. The molecule has 0 atom stereocenters. The van der Waals surface area contributed by atoms with Crippen LogP contribution in [-0.4, -0.2) is 31.1 Å². The van der Waals surface area contributed by atoms with Gasteiger partial charge in [0.05, 0.1) is 0 Å². The van der Waals surface area contributed by atoms with Gasteiger partial charge in [-0.1, -0.05) is 6.07 Å². The van der Waals surface area contributed by atoms with Gasteiger partial charge in [0, 0.05) is 24.5 Å². The Bertz CT molecular complexity index is 357. The third kappa shape index (κ3) is 3.39. The first-order valence-electron chi connectivity index (χ1n) is 6.43. The zero-order valence-electron chi connectivity index (χ0n) is 10.6. The minimum Gasteiger partial charge on any atom is -0.371 e. The molecular weight excluding hydrogens is 228 g/mol. The molecule has 1 fully saturated rings. The zero-order valence-corrected chi connectivity index (χ0v) is 11.4. The summed E-state index contributed by atoms with van der Waals surface area (Å²) in [7, 11) is 0. The Labute approximate surface area is 109 Å². The van der Waals surface area contributed by atoms with E-state index in [1.54, 1.807) is 0 Å². The predicted octanol–water partition coefficient (Wildman–Crippen LogP) is 2.44. The van der Waals surface area contributed by atoms with Gasteiger partial charge in [-0.2, -0.15) is 11.8 Å². The highest BCUT2D eigenvalue weighted by atomic mass is 32.2. The fraction of sp³-hybridized carbons (Fsp3) is 0.571. The zero-order chi connectivity index (χ0) is 12.1. The van der Waals surface area contributed by atoms with Crippen LogP contribution in [0.3, 0.4) is 0 Å². The van der Waals surface area contributed by atoms with Crippen LogP contribution in [0.25, 0.3) is 0 Å². The van der Waals surface area contributed by atoms with Crippen LogP contribution < -0.4 is 10.6 Å². The summed E-state index contributed by atoms with van der Waals surface area (Å²) in [6, 6.07) is 6.82. The van der Waals surface area contributed by atoms with Crippen LogP contribution in [0.4, 0.5) is 5.69 Å². The van der Waals surface area contributed by atoms with E-state index >= 15 is 0 Å². The van der Waals surface area contributed by atoms with Gasteiger partial charge in [0.1, 0.15) is 0 Å². The van der Waals surface area contributed by atoms with E-state index < -0.39 is 0 Å². The molecule has 2 rings (SSSR count). The normalized spacial score (nSPS) is 16.9. The molecule has 17 heavy (non-hydrogen) atoms. The quantitative estimate of drug-likeness (QED) is 0.893. The SMILES string of the molecule is Cc1cc(N2CCCSCC2)ccc1CCN. The van der Waals surface area contributed by atoms with Crippen LogP contribution in [0.2, 0.25) is 0 Å². The lowest BCUT2D eigenvalue weighted by atomic mass is 10.0. The second-order valence-corrected chi connectivity index (χ2v) is 5.83. The lowest BCUT2D eigenvalue weighted by Crippen LogP contribution is -2.25. The van der Waals surface area contributed by atoms with E-state index in [0.717, 1.165) is 13.0 Å². The molecule has 2 N–H and O–H groups in total. The van der Waals surface area contributed by atoms with Crippen LogP contribution in [0, 0.1) is 6.92 Å². The van der Waals surface area contributed by atoms with Crippen LogP contribution >= 0.6 is 11.8 Å². The third-order valence-electron chi connectivity index (χ3n) is 3.33. The van der Waals surface area contributed by atoms with Gasteiger partial charge < -0.3 is 10.6 Å². The van der Waals surface area contributed by atoms with Crippen molar-refractivity contribution in [1.82, 2.24) is 0 Å². The first kappa shape index (κ1) is 12.8. The van der Waals surface area contributed by atoms with Crippen LogP contribution in [0.1, 0.15) is 17.5 Å². The molecule has 0 bridgehead atoms. The number of rotatable bonds is 3. The maximum absolute atomic E-state index is 5.62. The molecule has 0 saturated carbocycles. The van der Waals surface area contributed by atoms with Gasteiger partial charge in [0.25, 0.3) is 0 Å². The Kier molecular flexibility index (Phi) is 4.75. The Balaban J connectivity index is 2.12. The topological polar surface area (TPSA) is 29.3 Å². The van der Waals surface area contributed by atoms with Crippen molar-refractivity contribution in [3.8, 4) is 0 Å².